The first-order valence-corrected chi connectivity index (χ1v) is 8.88. The van der Waals surface area contributed by atoms with Crippen molar-refractivity contribution in [2.24, 2.45) is 0 Å². The molecule has 1 aromatic carbocycles. The lowest BCUT2D eigenvalue weighted by Gasteiger charge is -2.17. The normalized spacial score (nSPS) is 14.6. The number of rotatable bonds is 5. The molecule has 2 aromatic rings. The number of thiazole rings is 1. The zero-order valence-corrected chi connectivity index (χ0v) is 14.9. The maximum atomic E-state index is 12.3. The van der Waals surface area contributed by atoms with E-state index in [1.54, 1.807) is 16.2 Å². The molecule has 1 aliphatic heterocycles. The van der Waals surface area contributed by atoms with Crippen molar-refractivity contribution in [2.75, 3.05) is 6.54 Å². The summed E-state index contributed by atoms with van der Waals surface area (Å²) in [6, 6.07) is 7.49. The molecule has 2 amide bonds. The summed E-state index contributed by atoms with van der Waals surface area (Å²) in [4.78, 5) is 31.8. The van der Waals surface area contributed by atoms with Crippen molar-refractivity contribution < 1.29 is 9.59 Å². The second kappa shape index (κ2) is 6.73. The van der Waals surface area contributed by atoms with Gasteiger partial charge in [-0.05, 0) is 32.4 Å². The molecule has 5 nitrogen and oxygen atoms in total. The van der Waals surface area contributed by atoms with Crippen LogP contribution in [-0.4, -0.2) is 28.2 Å². The second-order valence-corrected chi connectivity index (χ2v) is 7.50. The molecular formula is C18H21N3O2S. The quantitative estimate of drug-likeness (QED) is 0.908. The summed E-state index contributed by atoms with van der Waals surface area (Å²) in [5.41, 5.74) is 2.71. The Kier molecular flexibility index (Phi) is 4.66. The maximum absolute atomic E-state index is 12.3. The van der Waals surface area contributed by atoms with Crippen LogP contribution in [0.5, 0.6) is 0 Å². The van der Waals surface area contributed by atoms with E-state index in [2.05, 4.69) is 10.3 Å². The van der Waals surface area contributed by atoms with Crippen LogP contribution in [0.3, 0.4) is 0 Å². The Balaban J connectivity index is 1.53. The smallest absolute Gasteiger partial charge is 0.254 e. The number of aromatic nitrogens is 1. The summed E-state index contributed by atoms with van der Waals surface area (Å²) >= 11 is 1.64. The third-order valence-corrected chi connectivity index (χ3v) is 5.13. The summed E-state index contributed by atoms with van der Waals surface area (Å²) in [5.74, 6) is -0.0475. The Morgan fingerprint density at radius 2 is 2.12 bits per heavy atom. The number of nitrogens with one attached hydrogen (secondary N) is 1. The molecule has 3 rings (SSSR count). The van der Waals surface area contributed by atoms with Gasteiger partial charge < -0.3 is 10.2 Å². The van der Waals surface area contributed by atoms with Crippen molar-refractivity contribution in [3.05, 3.63) is 51.0 Å². The van der Waals surface area contributed by atoms with Crippen LogP contribution in [-0.2, 0) is 11.3 Å². The van der Waals surface area contributed by atoms with Crippen molar-refractivity contribution in [3.8, 4) is 0 Å². The van der Waals surface area contributed by atoms with Gasteiger partial charge in [-0.1, -0.05) is 18.2 Å². The Morgan fingerprint density at radius 3 is 2.79 bits per heavy atom. The molecule has 0 aliphatic carbocycles. The van der Waals surface area contributed by atoms with Crippen molar-refractivity contribution in [1.29, 1.82) is 0 Å². The number of amides is 2. The first kappa shape index (κ1) is 16.6. The number of nitrogens with zero attached hydrogens (tertiary/aromatic N) is 2. The molecule has 1 aromatic heterocycles. The van der Waals surface area contributed by atoms with Gasteiger partial charge in [0.25, 0.3) is 5.91 Å². The van der Waals surface area contributed by atoms with E-state index in [4.69, 9.17) is 0 Å². The summed E-state index contributed by atoms with van der Waals surface area (Å²) in [6.07, 6.45) is 0.298. The molecule has 0 fully saturated rings. The summed E-state index contributed by atoms with van der Waals surface area (Å²) in [7, 11) is 0. The van der Waals surface area contributed by atoms with Crippen molar-refractivity contribution >= 4 is 23.2 Å². The zero-order chi connectivity index (χ0) is 17.3. The van der Waals surface area contributed by atoms with E-state index in [-0.39, 0.29) is 17.9 Å². The van der Waals surface area contributed by atoms with Crippen molar-refractivity contribution in [3.63, 3.8) is 0 Å². The largest absolute Gasteiger partial charge is 0.348 e. The summed E-state index contributed by atoms with van der Waals surface area (Å²) < 4.78 is 0. The second-order valence-electron chi connectivity index (χ2n) is 6.10. The molecule has 0 bridgehead atoms. The minimum Gasteiger partial charge on any atom is -0.348 e. The molecule has 2 heterocycles. The third kappa shape index (κ3) is 3.33. The summed E-state index contributed by atoms with van der Waals surface area (Å²) in [6.45, 7) is 6.94. The van der Waals surface area contributed by atoms with Crippen LogP contribution in [0, 0.1) is 13.8 Å². The predicted octanol–water partition coefficient (Wildman–Crippen LogP) is 2.98. The summed E-state index contributed by atoms with van der Waals surface area (Å²) in [5, 5.41) is 3.98. The van der Waals surface area contributed by atoms with Gasteiger partial charge >= 0.3 is 0 Å². The number of carbonyl (C=O) groups excluding carboxylic acids is 2. The average Bonchev–Trinajstić information content (AvgIpc) is 3.05. The van der Waals surface area contributed by atoms with Gasteiger partial charge in [0, 0.05) is 30.0 Å². The fourth-order valence-corrected chi connectivity index (χ4v) is 3.97. The van der Waals surface area contributed by atoms with Crippen molar-refractivity contribution in [1.82, 2.24) is 15.2 Å². The molecule has 0 spiro atoms. The molecule has 1 aliphatic rings. The number of hydrogen-bond donors (Lipinski definition) is 1. The van der Waals surface area contributed by atoms with E-state index < -0.39 is 0 Å². The number of aryl methyl sites for hydroxylation is 2. The third-order valence-electron chi connectivity index (χ3n) is 4.23. The average molecular weight is 343 g/mol. The predicted molar refractivity (Wildman–Crippen MR) is 93.9 cm³/mol. The van der Waals surface area contributed by atoms with Crippen LogP contribution in [0.2, 0.25) is 0 Å². The molecular weight excluding hydrogens is 322 g/mol. The highest BCUT2D eigenvalue weighted by Crippen LogP contribution is 2.23. The molecule has 0 radical (unpaired) electrons. The van der Waals surface area contributed by atoms with Crippen molar-refractivity contribution in [2.45, 2.75) is 39.8 Å². The van der Waals surface area contributed by atoms with Crippen LogP contribution in [0.1, 0.15) is 50.9 Å². The van der Waals surface area contributed by atoms with Gasteiger partial charge in [0.2, 0.25) is 5.91 Å². The van der Waals surface area contributed by atoms with Gasteiger partial charge in [-0.2, -0.15) is 0 Å². The van der Waals surface area contributed by atoms with Gasteiger partial charge in [0.1, 0.15) is 0 Å². The first-order chi connectivity index (χ1) is 11.5. The lowest BCUT2D eigenvalue weighted by molar-refractivity contribution is -0.121. The van der Waals surface area contributed by atoms with E-state index in [9.17, 15) is 9.59 Å². The van der Waals surface area contributed by atoms with Gasteiger partial charge in [0.05, 0.1) is 16.7 Å². The molecule has 0 saturated heterocycles. The SMILES string of the molecule is Cc1nc(C(C)NC(=O)CCN2Cc3ccccc3C2=O)c(C)s1. The monoisotopic (exact) mass is 343 g/mol. The van der Waals surface area contributed by atoms with Gasteiger partial charge in [-0.3, -0.25) is 9.59 Å². The lowest BCUT2D eigenvalue weighted by atomic mass is 10.1. The molecule has 6 heteroatoms. The number of hydrogen-bond acceptors (Lipinski definition) is 4. The van der Waals surface area contributed by atoms with Crippen LogP contribution in [0.15, 0.2) is 24.3 Å². The standard InChI is InChI=1S/C18H21N3O2S/c1-11(17-12(2)24-13(3)20-17)19-16(22)8-9-21-10-14-6-4-5-7-15(14)18(21)23/h4-7,11H,8-10H2,1-3H3,(H,19,22). The van der Waals surface area contributed by atoms with Gasteiger partial charge in [-0.15, -0.1) is 11.3 Å². The molecule has 24 heavy (non-hydrogen) atoms. The molecule has 126 valence electrons. The van der Waals surface area contributed by atoms with Crippen LogP contribution >= 0.6 is 11.3 Å². The van der Waals surface area contributed by atoms with E-state index in [0.717, 1.165) is 26.7 Å². The van der Waals surface area contributed by atoms with Gasteiger partial charge in [-0.25, -0.2) is 4.98 Å². The highest BCUT2D eigenvalue weighted by Gasteiger charge is 2.27. The van der Waals surface area contributed by atoms with Crippen LogP contribution in [0.4, 0.5) is 0 Å². The van der Waals surface area contributed by atoms with E-state index in [1.165, 1.54) is 0 Å². The minimum atomic E-state index is -0.117. The van der Waals surface area contributed by atoms with E-state index in [1.807, 2.05) is 45.0 Å². The Morgan fingerprint density at radius 1 is 1.38 bits per heavy atom. The fourth-order valence-electron chi connectivity index (χ4n) is 3.06. The number of benzene rings is 1. The minimum absolute atomic E-state index is 0.0115. The Labute approximate surface area is 145 Å². The number of fused-ring (bicyclic) bond motifs is 1. The maximum Gasteiger partial charge on any atom is 0.254 e. The number of carbonyl (C=O) groups is 2. The zero-order valence-electron chi connectivity index (χ0n) is 14.1. The Hall–Kier alpha value is -2.21. The van der Waals surface area contributed by atoms with Crippen LogP contribution in [0.25, 0.3) is 0 Å². The van der Waals surface area contributed by atoms with Gasteiger partial charge in [0.15, 0.2) is 0 Å². The molecule has 1 atom stereocenters. The topological polar surface area (TPSA) is 62.3 Å². The first-order valence-electron chi connectivity index (χ1n) is 8.06. The molecule has 0 saturated carbocycles. The highest BCUT2D eigenvalue weighted by atomic mass is 32.1. The fraction of sp³-hybridized carbons (Fsp3) is 0.389. The highest BCUT2D eigenvalue weighted by molar-refractivity contribution is 7.11. The van der Waals surface area contributed by atoms with E-state index >= 15 is 0 Å². The Bertz CT molecular complexity index is 784. The van der Waals surface area contributed by atoms with E-state index in [0.29, 0.717) is 19.5 Å². The lowest BCUT2D eigenvalue weighted by Crippen LogP contribution is -2.32. The molecule has 1 N–H and O–H groups in total. The van der Waals surface area contributed by atoms with Crippen LogP contribution < -0.4 is 5.32 Å². The molecule has 1 unspecified atom stereocenters.